The highest BCUT2D eigenvalue weighted by molar-refractivity contribution is 5.66. The Balaban J connectivity index is 2.10. The summed E-state index contributed by atoms with van der Waals surface area (Å²) in [6.45, 7) is 5.48. The molecule has 0 heterocycles. The molecular formula is C12H23NO2. The van der Waals surface area contributed by atoms with Crippen LogP contribution in [-0.2, 0) is 4.79 Å². The van der Waals surface area contributed by atoms with E-state index in [0.717, 1.165) is 24.8 Å². The fourth-order valence-electron chi connectivity index (χ4n) is 2.20. The summed E-state index contributed by atoms with van der Waals surface area (Å²) in [5, 5.41) is 8.53. The van der Waals surface area contributed by atoms with Crippen molar-refractivity contribution in [3.63, 3.8) is 0 Å². The minimum absolute atomic E-state index is 0.296. The summed E-state index contributed by atoms with van der Waals surface area (Å²) in [6, 6.07) is 0.700. The highest BCUT2D eigenvalue weighted by Crippen LogP contribution is 2.36. The number of aliphatic carboxylic acids is 1. The average Bonchev–Trinajstić information content (AvgIpc) is 1.99. The lowest BCUT2D eigenvalue weighted by atomic mass is 9.73. The number of rotatable bonds is 6. The smallest absolute Gasteiger partial charge is 0.303 e. The molecule has 0 aromatic rings. The number of carbonyl (C=O) groups is 1. The van der Waals surface area contributed by atoms with Crippen molar-refractivity contribution in [1.29, 1.82) is 0 Å². The Morgan fingerprint density at radius 1 is 1.47 bits per heavy atom. The van der Waals surface area contributed by atoms with Crippen molar-refractivity contribution in [2.45, 2.75) is 45.6 Å². The molecule has 0 aromatic heterocycles. The molecule has 0 aliphatic heterocycles. The van der Waals surface area contributed by atoms with Gasteiger partial charge in [0.15, 0.2) is 0 Å². The molecule has 0 unspecified atom stereocenters. The highest BCUT2D eigenvalue weighted by atomic mass is 16.4. The van der Waals surface area contributed by atoms with E-state index in [1.165, 1.54) is 12.8 Å². The van der Waals surface area contributed by atoms with Gasteiger partial charge in [-0.15, -0.1) is 0 Å². The van der Waals surface area contributed by atoms with Gasteiger partial charge in [0, 0.05) is 12.5 Å². The first kappa shape index (κ1) is 12.5. The van der Waals surface area contributed by atoms with Gasteiger partial charge in [0.2, 0.25) is 0 Å². The van der Waals surface area contributed by atoms with Gasteiger partial charge in [-0.2, -0.15) is 0 Å². The lowest BCUT2D eigenvalue weighted by Crippen LogP contribution is -2.44. The van der Waals surface area contributed by atoms with Crippen LogP contribution in [0.15, 0.2) is 0 Å². The molecule has 15 heavy (non-hydrogen) atoms. The Kier molecular flexibility index (Phi) is 4.58. The summed E-state index contributed by atoms with van der Waals surface area (Å²) in [7, 11) is 2.11. The number of carboxylic acid groups (broad SMARTS) is 1. The van der Waals surface area contributed by atoms with E-state index >= 15 is 0 Å². The Morgan fingerprint density at radius 2 is 2.07 bits per heavy atom. The van der Waals surface area contributed by atoms with Crippen molar-refractivity contribution in [1.82, 2.24) is 4.90 Å². The summed E-state index contributed by atoms with van der Waals surface area (Å²) >= 11 is 0. The molecule has 3 heteroatoms. The predicted molar refractivity (Wildman–Crippen MR) is 60.8 cm³/mol. The number of carboxylic acids is 1. The van der Waals surface area contributed by atoms with E-state index in [0.29, 0.717) is 12.5 Å². The van der Waals surface area contributed by atoms with E-state index in [2.05, 4.69) is 25.8 Å². The van der Waals surface area contributed by atoms with Crippen LogP contribution in [0.5, 0.6) is 0 Å². The van der Waals surface area contributed by atoms with Gasteiger partial charge in [-0.1, -0.05) is 13.8 Å². The molecule has 0 aromatic carbocycles. The molecule has 88 valence electrons. The molecule has 1 aliphatic rings. The van der Waals surface area contributed by atoms with Crippen molar-refractivity contribution >= 4 is 5.97 Å². The molecule has 0 atom stereocenters. The Labute approximate surface area is 92.5 Å². The van der Waals surface area contributed by atoms with Crippen molar-refractivity contribution in [2.75, 3.05) is 13.6 Å². The number of nitrogens with zero attached hydrogens (tertiary/aromatic N) is 1. The van der Waals surface area contributed by atoms with Crippen LogP contribution in [0.2, 0.25) is 0 Å². The first-order valence-corrected chi connectivity index (χ1v) is 5.92. The lowest BCUT2D eigenvalue weighted by Gasteiger charge is -2.43. The van der Waals surface area contributed by atoms with Crippen molar-refractivity contribution in [2.24, 2.45) is 11.8 Å². The lowest BCUT2D eigenvalue weighted by molar-refractivity contribution is -0.137. The van der Waals surface area contributed by atoms with E-state index in [4.69, 9.17) is 5.11 Å². The molecule has 0 saturated heterocycles. The van der Waals surface area contributed by atoms with Gasteiger partial charge in [-0.3, -0.25) is 4.79 Å². The molecule has 0 radical (unpaired) electrons. The minimum Gasteiger partial charge on any atom is -0.481 e. The van der Waals surface area contributed by atoms with E-state index in [1.807, 2.05) is 0 Å². The number of hydrogen-bond acceptors (Lipinski definition) is 2. The normalized spacial score (nSPS) is 25.7. The fraction of sp³-hybridized carbons (Fsp3) is 0.917. The maximum absolute atomic E-state index is 10.4. The quantitative estimate of drug-likeness (QED) is 0.735. The molecule has 3 nitrogen and oxygen atoms in total. The third-order valence-electron chi connectivity index (χ3n) is 3.62. The molecule has 0 amide bonds. The van der Waals surface area contributed by atoms with Crippen LogP contribution in [0.1, 0.15) is 39.5 Å². The Bertz CT molecular complexity index is 210. The van der Waals surface area contributed by atoms with E-state index in [-0.39, 0.29) is 0 Å². The zero-order chi connectivity index (χ0) is 11.4. The fourth-order valence-corrected chi connectivity index (χ4v) is 2.20. The van der Waals surface area contributed by atoms with Gasteiger partial charge in [-0.05, 0) is 44.7 Å². The van der Waals surface area contributed by atoms with Gasteiger partial charge in [0.1, 0.15) is 0 Å². The Morgan fingerprint density at radius 3 is 2.53 bits per heavy atom. The molecule has 1 saturated carbocycles. The zero-order valence-electron chi connectivity index (χ0n) is 10.1. The molecular weight excluding hydrogens is 190 g/mol. The van der Waals surface area contributed by atoms with Gasteiger partial charge in [0.25, 0.3) is 0 Å². The van der Waals surface area contributed by atoms with Crippen LogP contribution in [-0.4, -0.2) is 35.6 Å². The predicted octanol–water partition coefficient (Wildman–Crippen LogP) is 2.22. The van der Waals surface area contributed by atoms with Gasteiger partial charge >= 0.3 is 5.97 Å². The average molecular weight is 213 g/mol. The van der Waals surface area contributed by atoms with Crippen LogP contribution in [0, 0.1) is 11.8 Å². The molecule has 1 fully saturated rings. The summed E-state index contributed by atoms with van der Waals surface area (Å²) in [5.74, 6) is 1.00. The molecule has 0 bridgehead atoms. The van der Waals surface area contributed by atoms with E-state index in [9.17, 15) is 4.79 Å². The highest BCUT2D eigenvalue weighted by Gasteiger charge is 2.33. The second-order valence-electron chi connectivity index (χ2n) is 5.11. The van der Waals surface area contributed by atoms with Crippen LogP contribution < -0.4 is 0 Å². The topological polar surface area (TPSA) is 40.5 Å². The molecule has 1 N–H and O–H groups in total. The first-order chi connectivity index (χ1) is 7.00. The maximum atomic E-state index is 10.4. The zero-order valence-corrected chi connectivity index (χ0v) is 10.1. The van der Waals surface area contributed by atoms with Crippen molar-refractivity contribution in [3.05, 3.63) is 0 Å². The third kappa shape index (κ3) is 3.82. The first-order valence-electron chi connectivity index (χ1n) is 5.92. The number of hydrogen-bond donors (Lipinski definition) is 1. The van der Waals surface area contributed by atoms with Gasteiger partial charge in [0.05, 0.1) is 0 Å². The van der Waals surface area contributed by atoms with E-state index < -0.39 is 5.97 Å². The van der Waals surface area contributed by atoms with Crippen molar-refractivity contribution in [3.8, 4) is 0 Å². The summed E-state index contributed by atoms with van der Waals surface area (Å²) in [5.41, 5.74) is 0. The largest absolute Gasteiger partial charge is 0.481 e. The standard InChI is InChI=1S/C12H23NO2/c1-9(2)10-7-11(8-10)13(3)6-4-5-12(14)15/h9-11H,4-8H2,1-3H3,(H,14,15). The second-order valence-corrected chi connectivity index (χ2v) is 5.11. The van der Waals surface area contributed by atoms with Crippen molar-refractivity contribution < 1.29 is 9.90 Å². The van der Waals surface area contributed by atoms with Gasteiger partial charge < -0.3 is 10.0 Å². The Hall–Kier alpha value is -0.570. The maximum Gasteiger partial charge on any atom is 0.303 e. The van der Waals surface area contributed by atoms with Crippen LogP contribution in [0.25, 0.3) is 0 Å². The molecule has 1 rings (SSSR count). The molecule has 0 spiro atoms. The summed E-state index contributed by atoms with van der Waals surface area (Å²) in [6.07, 6.45) is 3.65. The van der Waals surface area contributed by atoms with E-state index in [1.54, 1.807) is 0 Å². The molecule has 1 aliphatic carbocycles. The minimum atomic E-state index is -0.683. The summed E-state index contributed by atoms with van der Waals surface area (Å²) in [4.78, 5) is 12.7. The van der Waals surface area contributed by atoms with Gasteiger partial charge in [-0.25, -0.2) is 0 Å². The SMILES string of the molecule is CC(C)C1CC(N(C)CCCC(=O)O)C1. The van der Waals surface area contributed by atoms with Crippen LogP contribution >= 0.6 is 0 Å². The monoisotopic (exact) mass is 213 g/mol. The van der Waals surface area contributed by atoms with Crippen LogP contribution in [0.4, 0.5) is 0 Å². The second kappa shape index (κ2) is 5.50. The van der Waals surface area contributed by atoms with Crippen LogP contribution in [0.3, 0.4) is 0 Å². The third-order valence-corrected chi connectivity index (χ3v) is 3.62. The summed E-state index contributed by atoms with van der Waals surface area (Å²) < 4.78 is 0.